The normalized spacial score (nSPS) is 13.4. The summed E-state index contributed by atoms with van der Waals surface area (Å²) in [6.45, 7) is 5.93. The van der Waals surface area contributed by atoms with E-state index in [1.165, 1.54) is 0 Å². The molecule has 0 bridgehead atoms. The number of nitrogens with two attached hydrogens (primary N) is 1. The van der Waals surface area contributed by atoms with Crippen LogP contribution in [0.1, 0.15) is 25.8 Å². The van der Waals surface area contributed by atoms with Crippen molar-refractivity contribution in [1.82, 2.24) is 4.98 Å². The molecule has 0 saturated carbocycles. The largest absolute Gasteiger partial charge is 0.320 e. The lowest BCUT2D eigenvalue weighted by Gasteiger charge is -2.17. The molecule has 0 aliphatic rings. The van der Waals surface area contributed by atoms with E-state index >= 15 is 0 Å². The van der Waals surface area contributed by atoms with Gasteiger partial charge < -0.3 is 11.1 Å². The Balaban J connectivity index is 0.00000256. The molecular formula is C12H20ClN3O. The van der Waals surface area contributed by atoms with E-state index in [1.54, 1.807) is 12.3 Å². The van der Waals surface area contributed by atoms with Crippen molar-refractivity contribution in [2.24, 2.45) is 11.7 Å². The Morgan fingerprint density at radius 1 is 1.53 bits per heavy atom. The van der Waals surface area contributed by atoms with Crippen molar-refractivity contribution in [3.63, 3.8) is 0 Å². The van der Waals surface area contributed by atoms with Crippen LogP contribution in [0, 0.1) is 12.8 Å². The van der Waals surface area contributed by atoms with E-state index in [0.717, 1.165) is 12.0 Å². The molecule has 2 atom stereocenters. The maximum absolute atomic E-state index is 11.7. The maximum atomic E-state index is 11.7. The van der Waals surface area contributed by atoms with E-state index < -0.39 is 6.04 Å². The van der Waals surface area contributed by atoms with Gasteiger partial charge in [-0.25, -0.2) is 4.98 Å². The fourth-order valence-electron chi connectivity index (χ4n) is 1.26. The number of hydrogen-bond acceptors (Lipinski definition) is 3. The summed E-state index contributed by atoms with van der Waals surface area (Å²) in [5.41, 5.74) is 6.87. The molecule has 1 aromatic heterocycles. The molecule has 1 rings (SSSR count). The second-order valence-corrected chi connectivity index (χ2v) is 4.12. The molecule has 0 aliphatic carbocycles. The first kappa shape index (κ1) is 15.9. The van der Waals surface area contributed by atoms with Gasteiger partial charge in [-0.3, -0.25) is 4.79 Å². The molecule has 17 heavy (non-hydrogen) atoms. The van der Waals surface area contributed by atoms with Gasteiger partial charge in [0.05, 0.1) is 6.04 Å². The average molecular weight is 258 g/mol. The van der Waals surface area contributed by atoms with Crippen LogP contribution in [0.2, 0.25) is 0 Å². The van der Waals surface area contributed by atoms with Gasteiger partial charge in [0, 0.05) is 6.20 Å². The SMILES string of the molecule is CCC(C)C(N)C(=O)Nc1ccc(C)cn1.Cl. The number of carbonyl (C=O) groups is 1. The van der Waals surface area contributed by atoms with Crippen molar-refractivity contribution in [2.45, 2.75) is 33.2 Å². The summed E-state index contributed by atoms with van der Waals surface area (Å²) in [7, 11) is 0. The average Bonchev–Trinajstić information content (AvgIpc) is 2.30. The second kappa shape index (κ2) is 7.25. The molecular weight excluding hydrogens is 238 g/mol. The van der Waals surface area contributed by atoms with Crippen LogP contribution in [-0.2, 0) is 4.79 Å². The Kier molecular flexibility index (Phi) is 6.76. The highest BCUT2D eigenvalue weighted by Gasteiger charge is 2.19. The zero-order valence-corrected chi connectivity index (χ0v) is 11.3. The number of nitrogens with zero attached hydrogens (tertiary/aromatic N) is 1. The number of nitrogens with one attached hydrogen (secondary N) is 1. The Hall–Kier alpha value is -1.13. The second-order valence-electron chi connectivity index (χ2n) is 4.12. The first-order valence-electron chi connectivity index (χ1n) is 5.53. The number of halogens is 1. The molecule has 4 nitrogen and oxygen atoms in total. The van der Waals surface area contributed by atoms with Gasteiger partial charge in [-0.05, 0) is 24.5 Å². The van der Waals surface area contributed by atoms with Crippen LogP contribution < -0.4 is 11.1 Å². The summed E-state index contributed by atoms with van der Waals surface area (Å²) >= 11 is 0. The smallest absolute Gasteiger partial charge is 0.242 e. The van der Waals surface area contributed by atoms with Crippen molar-refractivity contribution in [1.29, 1.82) is 0 Å². The van der Waals surface area contributed by atoms with Gasteiger partial charge in [-0.15, -0.1) is 12.4 Å². The lowest BCUT2D eigenvalue weighted by molar-refractivity contribution is -0.118. The molecule has 2 unspecified atom stereocenters. The molecule has 0 saturated heterocycles. The van der Waals surface area contributed by atoms with E-state index in [9.17, 15) is 4.79 Å². The molecule has 5 heteroatoms. The van der Waals surface area contributed by atoms with Gasteiger partial charge in [-0.1, -0.05) is 26.3 Å². The van der Waals surface area contributed by atoms with Crippen LogP contribution in [0.5, 0.6) is 0 Å². The highest BCUT2D eigenvalue weighted by atomic mass is 35.5. The number of anilines is 1. The minimum absolute atomic E-state index is 0. The first-order chi connectivity index (χ1) is 7.54. The van der Waals surface area contributed by atoms with Gasteiger partial charge in [0.1, 0.15) is 5.82 Å². The zero-order valence-electron chi connectivity index (χ0n) is 10.4. The van der Waals surface area contributed by atoms with E-state index in [1.807, 2.05) is 26.8 Å². The number of pyridine rings is 1. The third-order valence-corrected chi connectivity index (χ3v) is 2.72. The highest BCUT2D eigenvalue weighted by molar-refractivity contribution is 5.94. The molecule has 1 amide bonds. The summed E-state index contributed by atoms with van der Waals surface area (Å²) in [4.78, 5) is 15.8. The third-order valence-electron chi connectivity index (χ3n) is 2.72. The van der Waals surface area contributed by atoms with Crippen molar-refractivity contribution < 1.29 is 4.79 Å². The van der Waals surface area contributed by atoms with E-state index in [-0.39, 0.29) is 24.2 Å². The Bertz CT molecular complexity index is 353. The molecule has 1 heterocycles. The van der Waals surface area contributed by atoms with Crippen molar-refractivity contribution in [2.75, 3.05) is 5.32 Å². The lowest BCUT2D eigenvalue weighted by Crippen LogP contribution is -2.40. The van der Waals surface area contributed by atoms with E-state index in [2.05, 4.69) is 10.3 Å². The number of aryl methyl sites for hydroxylation is 1. The molecule has 0 aliphatic heterocycles. The number of amides is 1. The van der Waals surface area contributed by atoms with Crippen molar-refractivity contribution in [3.8, 4) is 0 Å². The van der Waals surface area contributed by atoms with E-state index in [0.29, 0.717) is 5.82 Å². The Labute approximate surface area is 108 Å². The standard InChI is InChI=1S/C12H19N3O.ClH/c1-4-9(3)11(13)12(16)15-10-6-5-8(2)7-14-10;/h5-7,9,11H,4,13H2,1-3H3,(H,14,15,16);1H. The first-order valence-corrected chi connectivity index (χ1v) is 5.53. The fourth-order valence-corrected chi connectivity index (χ4v) is 1.26. The van der Waals surface area contributed by atoms with Gasteiger partial charge in [-0.2, -0.15) is 0 Å². The maximum Gasteiger partial charge on any atom is 0.242 e. The molecule has 0 fully saturated rings. The van der Waals surface area contributed by atoms with Gasteiger partial charge in [0.25, 0.3) is 0 Å². The van der Waals surface area contributed by atoms with E-state index in [4.69, 9.17) is 5.73 Å². The number of carbonyl (C=O) groups excluding carboxylic acids is 1. The summed E-state index contributed by atoms with van der Waals surface area (Å²) in [6.07, 6.45) is 2.60. The zero-order chi connectivity index (χ0) is 12.1. The summed E-state index contributed by atoms with van der Waals surface area (Å²) in [5, 5.41) is 2.71. The number of rotatable bonds is 4. The van der Waals surface area contributed by atoms with Gasteiger partial charge >= 0.3 is 0 Å². The van der Waals surface area contributed by atoms with Crippen LogP contribution in [0.15, 0.2) is 18.3 Å². The van der Waals surface area contributed by atoms with Crippen LogP contribution in [-0.4, -0.2) is 16.9 Å². The van der Waals surface area contributed by atoms with Gasteiger partial charge in [0.15, 0.2) is 0 Å². The summed E-state index contributed by atoms with van der Waals surface area (Å²) in [5.74, 6) is 0.547. The third kappa shape index (κ3) is 4.71. The molecule has 0 radical (unpaired) electrons. The van der Waals surface area contributed by atoms with Gasteiger partial charge in [0.2, 0.25) is 5.91 Å². The molecule has 96 valence electrons. The molecule has 0 spiro atoms. The molecule has 0 aromatic carbocycles. The molecule has 3 N–H and O–H groups in total. The van der Waals surface area contributed by atoms with Crippen LogP contribution >= 0.6 is 12.4 Å². The fraction of sp³-hybridized carbons (Fsp3) is 0.500. The summed E-state index contributed by atoms with van der Waals surface area (Å²) in [6, 6.07) is 3.20. The molecule has 1 aromatic rings. The van der Waals surface area contributed by atoms with Crippen molar-refractivity contribution >= 4 is 24.1 Å². The van der Waals surface area contributed by atoms with Crippen LogP contribution in [0.25, 0.3) is 0 Å². The quantitative estimate of drug-likeness (QED) is 0.868. The highest BCUT2D eigenvalue weighted by Crippen LogP contribution is 2.09. The number of aromatic nitrogens is 1. The van der Waals surface area contributed by atoms with Crippen molar-refractivity contribution in [3.05, 3.63) is 23.9 Å². The summed E-state index contributed by atoms with van der Waals surface area (Å²) < 4.78 is 0. The monoisotopic (exact) mass is 257 g/mol. The predicted molar refractivity (Wildman–Crippen MR) is 72.3 cm³/mol. The topological polar surface area (TPSA) is 68.0 Å². The predicted octanol–water partition coefficient (Wildman–Crippen LogP) is 2.12. The Morgan fingerprint density at radius 2 is 2.18 bits per heavy atom. The minimum atomic E-state index is -0.479. The van der Waals surface area contributed by atoms with Crippen LogP contribution in [0.4, 0.5) is 5.82 Å². The van der Waals surface area contributed by atoms with Crippen LogP contribution in [0.3, 0.4) is 0 Å². The number of hydrogen-bond donors (Lipinski definition) is 2. The minimum Gasteiger partial charge on any atom is -0.320 e. The lowest BCUT2D eigenvalue weighted by atomic mass is 9.99. The Morgan fingerprint density at radius 3 is 2.65 bits per heavy atom.